The Kier molecular flexibility index (Phi) is 12.2. The van der Waals surface area contributed by atoms with Gasteiger partial charge in [-0.1, -0.05) is 5.21 Å². The monoisotopic (exact) mass is 598 g/mol. The van der Waals surface area contributed by atoms with Crippen molar-refractivity contribution in [3.05, 3.63) is 29.5 Å². The second-order valence-electron chi connectivity index (χ2n) is 9.32. The molecule has 0 amide bonds. The first-order chi connectivity index (χ1) is 19.1. The fourth-order valence-corrected chi connectivity index (χ4v) is 4.03. The number of piperidine rings is 1. The maximum Gasteiger partial charge on any atom is 0.490 e. The smallest absolute Gasteiger partial charge is 0.475 e. The zero-order chi connectivity index (χ0) is 30.8. The number of rotatable bonds is 4. The van der Waals surface area contributed by atoms with Gasteiger partial charge in [0.2, 0.25) is 0 Å². The Morgan fingerprint density at radius 1 is 0.976 bits per heavy atom. The zero-order valence-corrected chi connectivity index (χ0v) is 22.4. The summed E-state index contributed by atoms with van der Waals surface area (Å²) in [4.78, 5) is 31.6. The molecule has 0 aliphatic carbocycles. The van der Waals surface area contributed by atoms with Gasteiger partial charge in [0.05, 0.1) is 17.9 Å². The molecular weight excluding hydrogens is 566 g/mol. The van der Waals surface area contributed by atoms with Crippen molar-refractivity contribution in [3.63, 3.8) is 0 Å². The van der Waals surface area contributed by atoms with E-state index in [0.717, 1.165) is 81.6 Å². The van der Waals surface area contributed by atoms with Crippen molar-refractivity contribution >= 4 is 17.8 Å². The molecule has 0 spiro atoms. The number of hydrogen-bond acceptors (Lipinski definition) is 9. The number of carbonyl (C=O) groups is 2. The predicted octanol–water partition coefficient (Wildman–Crippen LogP) is 2.59. The van der Waals surface area contributed by atoms with Crippen molar-refractivity contribution in [1.29, 1.82) is 0 Å². The number of anilines is 1. The summed E-state index contributed by atoms with van der Waals surface area (Å²) >= 11 is 0. The Morgan fingerprint density at radius 2 is 1.56 bits per heavy atom. The lowest BCUT2D eigenvalue weighted by atomic mass is 10.0. The third kappa shape index (κ3) is 11.5. The standard InChI is InChI=1S/C19H30N8.2C2HF3O2/c1-15-12-21-16(2)22-19(15)26-9-4-18(5-10-26)27-14-17(23-24-27)13-25-8-3-6-20-7-11-25;2*3-2(4,5)1(6)7/h12,14,18,20H,3-11,13H2,1-2H3;2*(H,6,7). The minimum atomic E-state index is -5.08. The maximum absolute atomic E-state index is 10.6. The summed E-state index contributed by atoms with van der Waals surface area (Å²) in [6.07, 6.45) is -2.75. The summed E-state index contributed by atoms with van der Waals surface area (Å²) in [5.74, 6) is -3.60. The number of aromatic nitrogens is 5. The van der Waals surface area contributed by atoms with Crippen LogP contribution in [0, 0.1) is 13.8 Å². The Labute approximate surface area is 231 Å². The molecule has 2 fully saturated rings. The van der Waals surface area contributed by atoms with Crippen LogP contribution in [0.3, 0.4) is 0 Å². The number of halogens is 6. The lowest BCUT2D eigenvalue weighted by Gasteiger charge is -2.33. The summed E-state index contributed by atoms with van der Waals surface area (Å²) < 4.78 is 65.6. The SMILES string of the molecule is Cc1ncc(C)c(N2CCC(n3cc(CN4CCCNCC4)nn3)CC2)n1.O=C(O)C(F)(F)F.O=C(O)C(F)(F)F. The van der Waals surface area contributed by atoms with Crippen molar-refractivity contribution in [3.8, 4) is 0 Å². The number of aryl methyl sites for hydroxylation is 2. The van der Waals surface area contributed by atoms with E-state index in [1.807, 2.05) is 13.1 Å². The van der Waals surface area contributed by atoms with Gasteiger partial charge >= 0.3 is 24.3 Å². The highest BCUT2D eigenvalue weighted by molar-refractivity contribution is 5.73. The van der Waals surface area contributed by atoms with E-state index in [9.17, 15) is 26.3 Å². The first-order valence-electron chi connectivity index (χ1n) is 12.6. The van der Waals surface area contributed by atoms with Gasteiger partial charge in [-0.25, -0.2) is 24.2 Å². The fourth-order valence-electron chi connectivity index (χ4n) is 4.03. The third-order valence-corrected chi connectivity index (χ3v) is 6.06. The van der Waals surface area contributed by atoms with Crippen LogP contribution in [0.15, 0.2) is 12.4 Å². The molecule has 12 nitrogen and oxygen atoms in total. The van der Waals surface area contributed by atoms with E-state index in [1.165, 1.54) is 6.42 Å². The first kappa shape index (κ1) is 33.7. The molecule has 18 heteroatoms. The molecule has 0 radical (unpaired) electrons. The summed E-state index contributed by atoms with van der Waals surface area (Å²) in [6, 6.07) is 0.427. The number of carboxylic acids is 2. The largest absolute Gasteiger partial charge is 0.490 e. The van der Waals surface area contributed by atoms with Gasteiger partial charge in [0, 0.05) is 44.5 Å². The van der Waals surface area contributed by atoms with Crippen LogP contribution in [0.4, 0.5) is 32.2 Å². The Bertz CT molecular complexity index is 1100. The molecule has 2 aromatic rings. The molecule has 4 rings (SSSR count). The Balaban J connectivity index is 0.000000349. The lowest BCUT2D eigenvalue weighted by molar-refractivity contribution is -0.193. The van der Waals surface area contributed by atoms with E-state index in [4.69, 9.17) is 19.8 Å². The second-order valence-corrected chi connectivity index (χ2v) is 9.32. The Hall–Kier alpha value is -3.54. The number of nitrogens with zero attached hydrogens (tertiary/aromatic N) is 7. The molecule has 0 unspecified atom stereocenters. The van der Waals surface area contributed by atoms with Crippen LogP contribution < -0.4 is 10.2 Å². The van der Waals surface area contributed by atoms with Gasteiger partial charge < -0.3 is 20.4 Å². The highest BCUT2D eigenvalue weighted by Crippen LogP contribution is 2.26. The van der Waals surface area contributed by atoms with Crippen LogP contribution in [0.2, 0.25) is 0 Å². The summed E-state index contributed by atoms with van der Waals surface area (Å²) in [7, 11) is 0. The molecule has 0 bridgehead atoms. The molecule has 2 saturated heterocycles. The lowest BCUT2D eigenvalue weighted by Crippen LogP contribution is -2.36. The van der Waals surface area contributed by atoms with Crippen LogP contribution in [-0.4, -0.2) is 104 Å². The molecule has 4 heterocycles. The fraction of sp³-hybridized carbons (Fsp3) is 0.652. The highest BCUT2D eigenvalue weighted by Gasteiger charge is 2.38. The molecule has 2 aliphatic heterocycles. The summed E-state index contributed by atoms with van der Waals surface area (Å²) in [6.45, 7) is 11.3. The molecule has 0 atom stereocenters. The average Bonchev–Trinajstić information content (AvgIpc) is 3.20. The van der Waals surface area contributed by atoms with Crippen LogP contribution in [0.25, 0.3) is 0 Å². The van der Waals surface area contributed by atoms with Gasteiger partial charge in [-0.05, 0) is 46.2 Å². The molecule has 3 N–H and O–H groups in total. The van der Waals surface area contributed by atoms with Gasteiger partial charge in [0.25, 0.3) is 0 Å². The van der Waals surface area contributed by atoms with E-state index in [2.05, 4.69) is 53.2 Å². The van der Waals surface area contributed by atoms with Crippen molar-refractivity contribution in [2.75, 3.05) is 44.2 Å². The van der Waals surface area contributed by atoms with Crippen molar-refractivity contribution in [2.45, 2.75) is 58.0 Å². The molecule has 2 aromatic heterocycles. The van der Waals surface area contributed by atoms with Crippen molar-refractivity contribution < 1.29 is 46.1 Å². The summed E-state index contributed by atoms with van der Waals surface area (Å²) in [5.41, 5.74) is 2.23. The van der Waals surface area contributed by atoms with E-state index >= 15 is 0 Å². The van der Waals surface area contributed by atoms with E-state index in [0.29, 0.717) is 6.04 Å². The van der Waals surface area contributed by atoms with Gasteiger partial charge in [0.15, 0.2) is 0 Å². The molecule has 0 aromatic carbocycles. The average molecular weight is 599 g/mol. The van der Waals surface area contributed by atoms with E-state index in [1.54, 1.807) is 0 Å². The molecule has 230 valence electrons. The minimum Gasteiger partial charge on any atom is -0.475 e. The predicted molar refractivity (Wildman–Crippen MR) is 132 cm³/mol. The third-order valence-electron chi connectivity index (χ3n) is 6.06. The summed E-state index contributed by atoms with van der Waals surface area (Å²) in [5, 5.41) is 26.6. The van der Waals surface area contributed by atoms with Crippen LogP contribution in [0.5, 0.6) is 0 Å². The number of carboxylic acid groups (broad SMARTS) is 2. The van der Waals surface area contributed by atoms with Crippen LogP contribution in [0.1, 0.15) is 42.4 Å². The number of aliphatic carboxylic acids is 2. The number of hydrogen-bond donors (Lipinski definition) is 3. The number of alkyl halides is 6. The molecular formula is C23H32F6N8O4. The van der Waals surface area contributed by atoms with E-state index < -0.39 is 24.3 Å². The Morgan fingerprint density at radius 3 is 2.12 bits per heavy atom. The quantitative estimate of drug-likeness (QED) is 0.446. The van der Waals surface area contributed by atoms with Gasteiger partial charge in [0.1, 0.15) is 11.6 Å². The first-order valence-corrected chi connectivity index (χ1v) is 12.6. The molecule has 2 aliphatic rings. The van der Waals surface area contributed by atoms with Gasteiger partial charge in [-0.15, -0.1) is 5.10 Å². The molecule has 0 saturated carbocycles. The minimum absolute atomic E-state index is 0.427. The van der Waals surface area contributed by atoms with E-state index in [-0.39, 0.29) is 0 Å². The zero-order valence-electron chi connectivity index (χ0n) is 22.4. The van der Waals surface area contributed by atoms with Crippen molar-refractivity contribution in [2.24, 2.45) is 0 Å². The highest BCUT2D eigenvalue weighted by atomic mass is 19.4. The van der Waals surface area contributed by atoms with Crippen LogP contribution in [-0.2, 0) is 16.1 Å². The van der Waals surface area contributed by atoms with Crippen LogP contribution >= 0.6 is 0 Å². The topological polar surface area (TPSA) is 150 Å². The van der Waals surface area contributed by atoms with Gasteiger partial charge in [-0.3, -0.25) is 4.90 Å². The molecule has 41 heavy (non-hydrogen) atoms. The maximum atomic E-state index is 10.6. The second kappa shape index (κ2) is 14.9. The van der Waals surface area contributed by atoms with Crippen molar-refractivity contribution in [1.82, 2.24) is 35.2 Å². The number of nitrogens with one attached hydrogen (secondary N) is 1. The normalized spacial score (nSPS) is 17.0. The van der Waals surface area contributed by atoms with Gasteiger partial charge in [-0.2, -0.15) is 26.3 Å².